The van der Waals surface area contributed by atoms with Crippen LogP contribution in [0.15, 0.2) is 0 Å². The summed E-state index contributed by atoms with van der Waals surface area (Å²) in [6.07, 6.45) is 2.05. The molecule has 0 spiro atoms. The zero-order valence-electron chi connectivity index (χ0n) is 9.48. The number of hydrogen-bond donors (Lipinski definition) is 1. The number of rotatable bonds is 2. The molecule has 0 atom stereocenters. The Morgan fingerprint density at radius 2 is 1.93 bits per heavy atom. The van der Waals surface area contributed by atoms with E-state index in [9.17, 15) is 4.79 Å². The Hall–Kier alpha value is -0.610. The van der Waals surface area contributed by atoms with Crippen LogP contribution >= 0.6 is 0 Å². The summed E-state index contributed by atoms with van der Waals surface area (Å²) in [5, 5.41) is 0. The number of nitrogens with zero attached hydrogens (tertiary/aromatic N) is 2. The molecule has 2 aliphatic rings. The van der Waals surface area contributed by atoms with Crippen molar-refractivity contribution >= 4 is 5.91 Å². The van der Waals surface area contributed by atoms with Crippen molar-refractivity contribution in [3.05, 3.63) is 0 Å². The molecule has 2 fully saturated rings. The minimum Gasteiger partial charge on any atom is -0.342 e. The predicted octanol–water partition coefficient (Wildman–Crippen LogP) is -0.255. The maximum atomic E-state index is 12.0. The second-order valence-electron chi connectivity index (χ2n) is 4.92. The molecule has 4 nitrogen and oxygen atoms in total. The fraction of sp³-hybridized carbons (Fsp3) is 0.909. The molecule has 0 aliphatic carbocycles. The normalized spacial score (nSPS) is 25.3. The average Bonchev–Trinajstić information content (AvgIpc) is 2.17. The SMILES string of the molecule is CN1CCC(C(=O)N2CC(CN)C2)CC1. The van der Waals surface area contributed by atoms with E-state index in [0.717, 1.165) is 45.6 Å². The Labute approximate surface area is 91.4 Å². The molecule has 2 heterocycles. The highest BCUT2D eigenvalue weighted by Crippen LogP contribution is 2.23. The number of amides is 1. The van der Waals surface area contributed by atoms with Crippen molar-refractivity contribution in [2.24, 2.45) is 17.6 Å². The van der Waals surface area contributed by atoms with Gasteiger partial charge in [0.15, 0.2) is 0 Å². The van der Waals surface area contributed by atoms with E-state index in [1.165, 1.54) is 0 Å². The number of likely N-dealkylation sites (tertiary alicyclic amines) is 2. The van der Waals surface area contributed by atoms with E-state index in [2.05, 4.69) is 11.9 Å². The molecule has 0 saturated carbocycles. The highest BCUT2D eigenvalue weighted by Gasteiger charge is 2.34. The van der Waals surface area contributed by atoms with Gasteiger partial charge in [-0.15, -0.1) is 0 Å². The van der Waals surface area contributed by atoms with Gasteiger partial charge in [0, 0.05) is 24.9 Å². The monoisotopic (exact) mass is 211 g/mol. The Bertz CT molecular complexity index is 230. The van der Waals surface area contributed by atoms with Crippen LogP contribution in [-0.2, 0) is 4.79 Å². The summed E-state index contributed by atoms with van der Waals surface area (Å²) in [5.41, 5.74) is 5.55. The highest BCUT2D eigenvalue weighted by atomic mass is 16.2. The third-order valence-corrected chi connectivity index (χ3v) is 3.67. The Kier molecular flexibility index (Phi) is 3.26. The molecule has 0 unspecified atom stereocenters. The molecule has 0 aromatic rings. The minimum absolute atomic E-state index is 0.278. The van der Waals surface area contributed by atoms with Gasteiger partial charge < -0.3 is 15.5 Å². The summed E-state index contributed by atoms with van der Waals surface area (Å²) < 4.78 is 0. The zero-order chi connectivity index (χ0) is 10.8. The van der Waals surface area contributed by atoms with Gasteiger partial charge in [0.2, 0.25) is 5.91 Å². The molecule has 2 N–H and O–H groups in total. The van der Waals surface area contributed by atoms with E-state index in [-0.39, 0.29) is 5.92 Å². The maximum Gasteiger partial charge on any atom is 0.225 e. The molecule has 2 rings (SSSR count). The van der Waals surface area contributed by atoms with Gasteiger partial charge in [-0.2, -0.15) is 0 Å². The molecule has 4 heteroatoms. The summed E-state index contributed by atoms with van der Waals surface area (Å²) in [6.45, 7) is 4.62. The van der Waals surface area contributed by atoms with Crippen LogP contribution in [0.5, 0.6) is 0 Å². The first kappa shape index (κ1) is 10.9. The smallest absolute Gasteiger partial charge is 0.225 e. The largest absolute Gasteiger partial charge is 0.342 e. The van der Waals surface area contributed by atoms with Crippen molar-refractivity contribution in [1.29, 1.82) is 0 Å². The Morgan fingerprint density at radius 3 is 2.47 bits per heavy atom. The van der Waals surface area contributed by atoms with Crippen molar-refractivity contribution in [3.63, 3.8) is 0 Å². The first-order valence-electron chi connectivity index (χ1n) is 5.88. The third-order valence-electron chi connectivity index (χ3n) is 3.67. The topological polar surface area (TPSA) is 49.6 Å². The lowest BCUT2D eigenvalue weighted by Crippen LogP contribution is -2.55. The molecule has 0 aromatic heterocycles. The fourth-order valence-electron chi connectivity index (χ4n) is 2.41. The van der Waals surface area contributed by atoms with E-state index in [0.29, 0.717) is 11.8 Å². The number of carbonyl (C=O) groups excluding carboxylic acids is 1. The van der Waals surface area contributed by atoms with E-state index in [1.807, 2.05) is 4.90 Å². The van der Waals surface area contributed by atoms with E-state index >= 15 is 0 Å². The number of carbonyl (C=O) groups is 1. The maximum absolute atomic E-state index is 12.0. The molecular weight excluding hydrogens is 190 g/mol. The number of hydrogen-bond acceptors (Lipinski definition) is 3. The first-order valence-corrected chi connectivity index (χ1v) is 5.88. The molecule has 0 bridgehead atoms. The number of piperidine rings is 1. The van der Waals surface area contributed by atoms with Crippen LogP contribution in [-0.4, -0.2) is 55.5 Å². The lowest BCUT2D eigenvalue weighted by atomic mass is 9.92. The van der Waals surface area contributed by atoms with E-state index in [1.54, 1.807) is 0 Å². The van der Waals surface area contributed by atoms with Gasteiger partial charge in [-0.3, -0.25) is 4.79 Å². The van der Waals surface area contributed by atoms with Crippen molar-refractivity contribution in [1.82, 2.24) is 9.80 Å². The summed E-state index contributed by atoms with van der Waals surface area (Å²) in [7, 11) is 2.12. The van der Waals surface area contributed by atoms with E-state index < -0.39 is 0 Å². The average molecular weight is 211 g/mol. The van der Waals surface area contributed by atoms with Gasteiger partial charge in [0.25, 0.3) is 0 Å². The number of nitrogens with two attached hydrogens (primary N) is 1. The van der Waals surface area contributed by atoms with Crippen molar-refractivity contribution in [2.45, 2.75) is 12.8 Å². The molecular formula is C11H21N3O. The predicted molar refractivity (Wildman–Crippen MR) is 59.3 cm³/mol. The lowest BCUT2D eigenvalue weighted by Gasteiger charge is -2.41. The van der Waals surface area contributed by atoms with Gasteiger partial charge in [-0.05, 0) is 39.5 Å². The Morgan fingerprint density at radius 1 is 1.33 bits per heavy atom. The van der Waals surface area contributed by atoms with Crippen molar-refractivity contribution in [2.75, 3.05) is 39.8 Å². The van der Waals surface area contributed by atoms with Crippen molar-refractivity contribution < 1.29 is 4.79 Å². The summed E-state index contributed by atoms with van der Waals surface area (Å²) in [5.74, 6) is 1.20. The van der Waals surface area contributed by atoms with Crippen molar-refractivity contribution in [3.8, 4) is 0 Å². The quantitative estimate of drug-likeness (QED) is 0.685. The van der Waals surface area contributed by atoms with Gasteiger partial charge in [-0.1, -0.05) is 0 Å². The van der Waals surface area contributed by atoms with Crippen LogP contribution in [0, 0.1) is 11.8 Å². The molecule has 2 aliphatic heterocycles. The van der Waals surface area contributed by atoms with Gasteiger partial charge in [-0.25, -0.2) is 0 Å². The standard InChI is InChI=1S/C11H21N3O/c1-13-4-2-10(3-5-13)11(15)14-7-9(6-12)8-14/h9-10H,2-8,12H2,1H3. The van der Waals surface area contributed by atoms with Crippen LogP contribution in [0.2, 0.25) is 0 Å². The van der Waals surface area contributed by atoms with Crippen LogP contribution in [0.1, 0.15) is 12.8 Å². The first-order chi connectivity index (χ1) is 7.20. The zero-order valence-corrected chi connectivity index (χ0v) is 9.48. The lowest BCUT2D eigenvalue weighted by molar-refractivity contribution is -0.143. The molecule has 15 heavy (non-hydrogen) atoms. The summed E-state index contributed by atoms with van der Waals surface area (Å²) >= 11 is 0. The second-order valence-corrected chi connectivity index (χ2v) is 4.92. The van der Waals surface area contributed by atoms with Crippen LogP contribution in [0.4, 0.5) is 0 Å². The minimum atomic E-state index is 0.278. The van der Waals surface area contributed by atoms with E-state index in [4.69, 9.17) is 5.73 Å². The Balaban J connectivity index is 1.77. The third kappa shape index (κ3) is 2.32. The van der Waals surface area contributed by atoms with Crippen LogP contribution in [0.3, 0.4) is 0 Å². The highest BCUT2D eigenvalue weighted by molar-refractivity contribution is 5.79. The van der Waals surface area contributed by atoms with Gasteiger partial charge >= 0.3 is 0 Å². The summed E-state index contributed by atoms with van der Waals surface area (Å²) in [4.78, 5) is 16.3. The molecule has 1 amide bonds. The molecule has 0 aromatic carbocycles. The fourth-order valence-corrected chi connectivity index (χ4v) is 2.41. The molecule has 0 radical (unpaired) electrons. The van der Waals surface area contributed by atoms with Crippen LogP contribution in [0.25, 0.3) is 0 Å². The van der Waals surface area contributed by atoms with Gasteiger partial charge in [0.05, 0.1) is 0 Å². The van der Waals surface area contributed by atoms with Gasteiger partial charge in [0.1, 0.15) is 0 Å². The second kappa shape index (κ2) is 4.49. The summed E-state index contributed by atoms with van der Waals surface area (Å²) in [6, 6.07) is 0. The van der Waals surface area contributed by atoms with Crippen LogP contribution < -0.4 is 5.73 Å². The molecule has 2 saturated heterocycles. The molecule has 86 valence electrons.